The number of piperidine rings is 1. The first-order chi connectivity index (χ1) is 11.0. The Balaban J connectivity index is 1.93. The molecule has 2 aliphatic heterocycles. The van der Waals surface area contributed by atoms with Crippen molar-refractivity contribution < 1.29 is 13.2 Å². The summed E-state index contributed by atoms with van der Waals surface area (Å²) in [5.74, 6) is 0.160. The Kier molecular flexibility index (Phi) is 6.85. The topological polar surface area (TPSA) is 60.9 Å². The van der Waals surface area contributed by atoms with Crippen molar-refractivity contribution in [1.82, 2.24) is 13.5 Å². The van der Waals surface area contributed by atoms with Gasteiger partial charge in [0.15, 0.2) is 0 Å². The van der Waals surface area contributed by atoms with Crippen LogP contribution >= 0.6 is 0 Å². The highest BCUT2D eigenvalue weighted by molar-refractivity contribution is 7.86. The van der Waals surface area contributed by atoms with Crippen LogP contribution in [0.1, 0.15) is 52.4 Å². The fraction of sp³-hybridized carbons (Fsp3) is 0.938. The largest absolute Gasteiger partial charge is 0.343 e. The summed E-state index contributed by atoms with van der Waals surface area (Å²) in [4.78, 5) is 14.3. The lowest BCUT2D eigenvalue weighted by Gasteiger charge is -2.35. The molecule has 0 aromatic rings. The maximum absolute atomic E-state index is 12.8. The number of amides is 1. The molecular formula is C16H31N3O3S. The van der Waals surface area contributed by atoms with E-state index in [9.17, 15) is 13.2 Å². The molecule has 2 fully saturated rings. The first kappa shape index (κ1) is 18.7. The molecular weight excluding hydrogens is 314 g/mol. The molecule has 0 bridgehead atoms. The maximum atomic E-state index is 12.8. The fourth-order valence-corrected chi connectivity index (χ4v) is 5.28. The molecule has 0 unspecified atom stereocenters. The molecule has 0 atom stereocenters. The molecule has 0 saturated carbocycles. The van der Waals surface area contributed by atoms with Gasteiger partial charge >= 0.3 is 0 Å². The molecule has 0 aliphatic carbocycles. The lowest BCUT2D eigenvalue weighted by atomic mass is 9.96. The molecule has 2 saturated heterocycles. The van der Waals surface area contributed by atoms with Crippen LogP contribution in [0.4, 0.5) is 0 Å². The van der Waals surface area contributed by atoms with Gasteiger partial charge in [0.1, 0.15) is 0 Å². The van der Waals surface area contributed by atoms with Gasteiger partial charge in [-0.1, -0.05) is 12.8 Å². The Morgan fingerprint density at radius 1 is 0.913 bits per heavy atom. The average Bonchev–Trinajstić information content (AvgIpc) is 2.86. The molecule has 23 heavy (non-hydrogen) atoms. The molecule has 0 radical (unpaired) electrons. The lowest BCUT2D eigenvalue weighted by molar-refractivity contribution is -0.136. The van der Waals surface area contributed by atoms with Crippen molar-refractivity contribution in [3.8, 4) is 0 Å². The zero-order valence-corrected chi connectivity index (χ0v) is 15.4. The molecule has 2 rings (SSSR count). The number of carbonyl (C=O) groups excluding carboxylic acids is 1. The van der Waals surface area contributed by atoms with Crippen LogP contribution in [-0.4, -0.2) is 67.1 Å². The molecule has 7 heteroatoms. The molecule has 0 N–H and O–H groups in total. The van der Waals surface area contributed by atoms with Gasteiger partial charge in [-0.2, -0.15) is 17.0 Å². The first-order valence-corrected chi connectivity index (χ1v) is 10.4. The molecule has 2 aliphatic rings. The van der Waals surface area contributed by atoms with Crippen LogP contribution in [-0.2, 0) is 15.0 Å². The summed E-state index contributed by atoms with van der Waals surface area (Å²) in [6.07, 6.45) is 5.43. The van der Waals surface area contributed by atoms with E-state index < -0.39 is 10.2 Å². The van der Waals surface area contributed by atoms with Crippen LogP contribution in [0.3, 0.4) is 0 Å². The quantitative estimate of drug-likeness (QED) is 0.762. The Bertz CT molecular complexity index is 475. The van der Waals surface area contributed by atoms with Crippen molar-refractivity contribution in [2.45, 2.75) is 52.4 Å². The Hall–Kier alpha value is -0.660. The number of hydrogen-bond donors (Lipinski definition) is 0. The predicted molar refractivity (Wildman–Crippen MR) is 91.2 cm³/mol. The third-order valence-corrected chi connectivity index (χ3v) is 7.13. The third kappa shape index (κ3) is 4.45. The molecule has 1 amide bonds. The Morgan fingerprint density at radius 2 is 1.39 bits per heavy atom. The summed E-state index contributed by atoms with van der Waals surface area (Å²) >= 11 is 0. The SMILES string of the molecule is CCN(CC)C(=O)C1CCN(S(=O)(=O)N2CCCCCC2)CC1. The van der Waals surface area contributed by atoms with E-state index in [2.05, 4.69) is 0 Å². The number of hydrogen-bond acceptors (Lipinski definition) is 3. The van der Waals surface area contributed by atoms with Crippen molar-refractivity contribution >= 4 is 16.1 Å². The van der Waals surface area contributed by atoms with Crippen LogP contribution in [0, 0.1) is 5.92 Å². The number of nitrogens with zero attached hydrogens (tertiary/aromatic N) is 3. The highest BCUT2D eigenvalue weighted by Gasteiger charge is 2.35. The normalized spacial score (nSPS) is 22.7. The second kappa shape index (κ2) is 8.44. The molecule has 134 valence electrons. The molecule has 2 heterocycles. The van der Waals surface area contributed by atoms with Crippen molar-refractivity contribution in [3.63, 3.8) is 0 Å². The van der Waals surface area contributed by atoms with Gasteiger partial charge in [0.25, 0.3) is 10.2 Å². The van der Waals surface area contributed by atoms with Gasteiger partial charge in [0, 0.05) is 45.2 Å². The van der Waals surface area contributed by atoms with Gasteiger partial charge in [-0.05, 0) is 39.5 Å². The van der Waals surface area contributed by atoms with Crippen LogP contribution in [0.15, 0.2) is 0 Å². The van der Waals surface area contributed by atoms with E-state index in [1.807, 2.05) is 18.7 Å². The van der Waals surface area contributed by atoms with Crippen molar-refractivity contribution in [2.75, 3.05) is 39.3 Å². The van der Waals surface area contributed by atoms with Crippen molar-refractivity contribution in [2.24, 2.45) is 5.92 Å². The third-order valence-electron chi connectivity index (χ3n) is 5.10. The zero-order chi connectivity index (χ0) is 16.9. The predicted octanol–water partition coefficient (Wildman–Crippen LogP) is 1.69. The summed E-state index contributed by atoms with van der Waals surface area (Å²) in [5, 5.41) is 0. The van der Waals surface area contributed by atoms with Gasteiger partial charge in [-0.15, -0.1) is 0 Å². The minimum absolute atomic E-state index is 0.0227. The van der Waals surface area contributed by atoms with E-state index in [1.54, 1.807) is 8.61 Å². The summed E-state index contributed by atoms with van der Waals surface area (Å²) in [5.41, 5.74) is 0. The van der Waals surface area contributed by atoms with E-state index in [1.165, 1.54) is 0 Å². The monoisotopic (exact) mass is 345 g/mol. The summed E-state index contributed by atoms with van der Waals surface area (Å²) in [6, 6.07) is 0. The summed E-state index contributed by atoms with van der Waals surface area (Å²) in [7, 11) is -3.35. The van der Waals surface area contributed by atoms with E-state index in [0.717, 1.165) is 38.8 Å². The van der Waals surface area contributed by atoms with E-state index in [-0.39, 0.29) is 11.8 Å². The zero-order valence-electron chi connectivity index (χ0n) is 14.5. The Morgan fingerprint density at radius 3 is 1.87 bits per heavy atom. The standard InChI is InChI=1S/C16H31N3O3S/c1-3-17(4-2)16(20)15-9-13-19(14-10-15)23(21,22)18-11-7-5-6-8-12-18/h15H,3-14H2,1-2H3. The second-order valence-corrected chi connectivity index (χ2v) is 8.43. The van der Waals surface area contributed by atoms with Gasteiger partial charge < -0.3 is 4.90 Å². The first-order valence-electron chi connectivity index (χ1n) is 9.04. The summed E-state index contributed by atoms with van der Waals surface area (Å²) in [6.45, 7) is 7.64. The summed E-state index contributed by atoms with van der Waals surface area (Å²) < 4.78 is 28.8. The van der Waals surface area contributed by atoms with Gasteiger partial charge in [-0.3, -0.25) is 4.79 Å². The minimum atomic E-state index is -3.35. The van der Waals surface area contributed by atoms with E-state index >= 15 is 0 Å². The van der Waals surface area contributed by atoms with Crippen molar-refractivity contribution in [3.05, 3.63) is 0 Å². The Labute approximate surface area is 141 Å². The number of carbonyl (C=O) groups is 1. The fourth-order valence-electron chi connectivity index (χ4n) is 3.56. The van der Waals surface area contributed by atoms with Crippen LogP contribution in [0.25, 0.3) is 0 Å². The van der Waals surface area contributed by atoms with E-state index in [0.29, 0.717) is 39.0 Å². The average molecular weight is 346 g/mol. The van der Waals surface area contributed by atoms with Gasteiger partial charge in [-0.25, -0.2) is 0 Å². The second-order valence-electron chi connectivity index (χ2n) is 6.50. The van der Waals surface area contributed by atoms with E-state index in [4.69, 9.17) is 0 Å². The minimum Gasteiger partial charge on any atom is -0.343 e. The number of rotatable bonds is 5. The van der Waals surface area contributed by atoms with Gasteiger partial charge in [0.05, 0.1) is 0 Å². The van der Waals surface area contributed by atoms with Crippen LogP contribution in [0.5, 0.6) is 0 Å². The van der Waals surface area contributed by atoms with Crippen LogP contribution in [0.2, 0.25) is 0 Å². The highest BCUT2D eigenvalue weighted by atomic mass is 32.2. The maximum Gasteiger partial charge on any atom is 0.281 e. The van der Waals surface area contributed by atoms with Crippen molar-refractivity contribution in [1.29, 1.82) is 0 Å². The smallest absolute Gasteiger partial charge is 0.281 e. The van der Waals surface area contributed by atoms with Crippen LogP contribution < -0.4 is 0 Å². The highest BCUT2D eigenvalue weighted by Crippen LogP contribution is 2.24. The molecule has 0 aromatic heterocycles. The molecule has 6 nitrogen and oxygen atoms in total. The lowest BCUT2D eigenvalue weighted by Crippen LogP contribution is -2.49. The van der Waals surface area contributed by atoms with Gasteiger partial charge in [0.2, 0.25) is 5.91 Å². The molecule has 0 aromatic carbocycles. The molecule has 0 spiro atoms.